The van der Waals surface area contributed by atoms with Crippen molar-refractivity contribution in [3.8, 4) is 0 Å². The molecule has 0 rings (SSSR count). The van der Waals surface area contributed by atoms with Gasteiger partial charge in [0.05, 0.1) is 26.4 Å². The van der Waals surface area contributed by atoms with Gasteiger partial charge in [-0.2, -0.15) is 0 Å². The van der Waals surface area contributed by atoms with Crippen molar-refractivity contribution in [1.29, 1.82) is 0 Å². The van der Waals surface area contributed by atoms with Crippen LogP contribution in [0.5, 0.6) is 0 Å². The summed E-state index contributed by atoms with van der Waals surface area (Å²) in [6.07, 6.45) is 55.7. The highest BCUT2D eigenvalue weighted by Crippen LogP contribution is 2.45. The third kappa shape index (κ3) is 70.9. The molecule has 0 heterocycles. The number of hydrogen-bond donors (Lipinski definition) is 3. The van der Waals surface area contributed by atoms with Gasteiger partial charge in [0.1, 0.15) is 19.3 Å². The third-order valence-corrected chi connectivity index (χ3v) is 20.4. The Morgan fingerprint density at radius 1 is 0.299 bits per heavy atom. The van der Waals surface area contributed by atoms with Crippen molar-refractivity contribution in [3.63, 3.8) is 0 Å². The monoisotopic (exact) mass is 1420 g/mol. The number of hydrogen-bond acceptors (Lipinski definition) is 15. The zero-order chi connectivity index (χ0) is 71.6. The first-order chi connectivity index (χ1) is 46.8. The Kier molecular flexibility index (Phi) is 67.1. The molecule has 17 nitrogen and oxygen atoms in total. The lowest BCUT2D eigenvalue weighted by Gasteiger charge is -2.21. The largest absolute Gasteiger partial charge is 0.472 e. The van der Waals surface area contributed by atoms with E-state index < -0.39 is 97.5 Å². The Labute approximate surface area is 594 Å². The molecule has 0 spiro atoms. The Balaban J connectivity index is 5.21. The van der Waals surface area contributed by atoms with Crippen LogP contribution >= 0.6 is 15.6 Å². The third-order valence-electron chi connectivity index (χ3n) is 18.5. The van der Waals surface area contributed by atoms with Crippen LogP contribution in [-0.2, 0) is 65.4 Å². The number of rotatable bonds is 76. The van der Waals surface area contributed by atoms with Gasteiger partial charge in [0, 0.05) is 25.7 Å². The van der Waals surface area contributed by atoms with Crippen LogP contribution in [0.4, 0.5) is 0 Å². The molecular weight excluding hydrogens is 1270 g/mol. The van der Waals surface area contributed by atoms with E-state index in [-0.39, 0.29) is 25.7 Å². The summed E-state index contributed by atoms with van der Waals surface area (Å²) in [4.78, 5) is 72.9. The summed E-state index contributed by atoms with van der Waals surface area (Å²) in [5.74, 6) is 0.135. The minimum absolute atomic E-state index is 0.104. The van der Waals surface area contributed by atoms with Crippen LogP contribution in [0.2, 0.25) is 0 Å². The van der Waals surface area contributed by atoms with E-state index in [9.17, 15) is 43.2 Å². The van der Waals surface area contributed by atoms with Crippen LogP contribution in [0, 0.1) is 17.8 Å². The standard InChI is InChI=1S/C78H152O17P2/c1-8-10-11-12-13-14-15-16-17-18-19-20-21-22-23-24-25-30-40-47-54-61-77(82)94-73(65-88-75(80)59-52-45-38-29-27-26-28-37-44-51-58-71(7)9-2)67-92-96(84,85)90-63-72(79)64-91-97(86,87)93-68-74(95-78(83)62-55-48-41-34-32-36-43-50-57-70(5)6)66-89-76(81)60-53-46-39-33-31-35-42-49-56-69(3)4/h69-74,79H,8-68H2,1-7H3,(H,84,85)(H,86,87)/t71?,72-,73-,74-/m1/s1. The first kappa shape index (κ1) is 95.1. The highest BCUT2D eigenvalue weighted by molar-refractivity contribution is 7.47. The maximum absolute atomic E-state index is 13.1. The fourth-order valence-electron chi connectivity index (χ4n) is 11.9. The van der Waals surface area contributed by atoms with Crippen LogP contribution in [-0.4, -0.2) is 96.7 Å². The molecule has 0 aliphatic heterocycles. The summed E-state index contributed by atoms with van der Waals surface area (Å²) in [5.41, 5.74) is 0. The number of carbonyl (C=O) groups excluding carboxylic acids is 4. The zero-order valence-electron chi connectivity index (χ0n) is 63.5. The van der Waals surface area contributed by atoms with Crippen LogP contribution in [0.3, 0.4) is 0 Å². The van der Waals surface area contributed by atoms with Crippen molar-refractivity contribution in [3.05, 3.63) is 0 Å². The molecule has 0 saturated heterocycles. The van der Waals surface area contributed by atoms with E-state index in [0.29, 0.717) is 25.7 Å². The minimum Gasteiger partial charge on any atom is -0.462 e. The maximum atomic E-state index is 13.1. The molecule has 0 saturated carbocycles. The van der Waals surface area contributed by atoms with Crippen molar-refractivity contribution in [2.75, 3.05) is 39.6 Å². The molecule has 3 unspecified atom stereocenters. The van der Waals surface area contributed by atoms with Gasteiger partial charge in [-0.05, 0) is 43.4 Å². The van der Waals surface area contributed by atoms with Gasteiger partial charge in [-0.15, -0.1) is 0 Å². The molecule has 0 aromatic carbocycles. The van der Waals surface area contributed by atoms with Crippen molar-refractivity contribution in [1.82, 2.24) is 0 Å². The van der Waals surface area contributed by atoms with E-state index in [4.69, 9.17) is 37.0 Å². The first-order valence-corrected chi connectivity index (χ1v) is 43.4. The highest BCUT2D eigenvalue weighted by atomic mass is 31.2. The molecule has 3 N–H and O–H groups in total. The lowest BCUT2D eigenvalue weighted by atomic mass is 9.99. The number of unbranched alkanes of at least 4 members (excludes halogenated alkanes) is 43. The molecule has 0 aliphatic carbocycles. The Morgan fingerprint density at radius 3 is 0.784 bits per heavy atom. The summed E-state index contributed by atoms with van der Waals surface area (Å²) in [5, 5.41) is 10.6. The smallest absolute Gasteiger partial charge is 0.462 e. The molecule has 19 heteroatoms. The van der Waals surface area contributed by atoms with E-state index >= 15 is 0 Å². The topological polar surface area (TPSA) is 237 Å². The lowest BCUT2D eigenvalue weighted by Crippen LogP contribution is -2.30. The molecule has 0 fully saturated rings. The summed E-state index contributed by atoms with van der Waals surface area (Å²) in [6, 6.07) is 0. The minimum atomic E-state index is -4.96. The van der Waals surface area contributed by atoms with E-state index in [1.165, 1.54) is 212 Å². The maximum Gasteiger partial charge on any atom is 0.472 e. The molecule has 0 radical (unpaired) electrons. The van der Waals surface area contributed by atoms with E-state index in [0.717, 1.165) is 108 Å². The van der Waals surface area contributed by atoms with Crippen LogP contribution in [0.1, 0.15) is 402 Å². The normalized spacial score (nSPS) is 14.3. The SMILES string of the molecule is CCCCCCCCCCCCCCCCCCCCCCCC(=O)O[C@H](COC(=O)CCCCCCCCCCCCC(C)CC)COP(=O)(O)OC[C@@H](O)COP(=O)(O)OC[C@@H](COC(=O)CCCCCCCCCCC(C)C)OC(=O)CCCCCCCCCCC(C)C. The first-order valence-electron chi connectivity index (χ1n) is 40.4. The van der Waals surface area contributed by atoms with Gasteiger partial charge in [-0.1, -0.05) is 350 Å². The summed E-state index contributed by atoms with van der Waals surface area (Å²) < 4.78 is 68.6. The Morgan fingerprint density at radius 2 is 0.526 bits per heavy atom. The molecule has 0 amide bonds. The fraction of sp³-hybridized carbons (Fsp3) is 0.949. The van der Waals surface area contributed by atoms with Crippen molar-refractivity contribution in [2.24, 2.45) is 17.8 Å². The molecule has 0 bridgehead atoms. The second-order valence-corrected chi connectivity index (χ2v) is 32.2. The number of carbonyl (C=O) groups is 4. The number of aliphatic hydroxyl groups excluding tert-OH is 1. The molecular formula is C78H152O17P2. The number of phosphoric acid groups is 2. The molecule has 0 aliphatic rings. The van der Waals surface area contributed by atoms with Crippen LogP contribution in [0.25, 0.3) is 0 Å². The zero-order valence-corrected chi connectivity index (χ0v) is 65.3. The number of phosphoric ester groups is 2. The predicted molar refractivity (Wildman–Crippen MR) is 395 cm³/mol. The van der Waals surface area contributed by atoms with Gasteiger partial charge in [0.2, 0.25) is 0 Å². The fourth-order valence-corrected chi connectivity index (χ4v) is 13.5. The quantitative estimate of drug-likeness (QED) is 0.0222. The van der Waals surface area contributed by atoms with Crippen molar-refractivity contribution in [2.45, 2.75) is 420 Å². The van der Waals surface area contributed by atoms with Gasteiger partial charge in [-0.3, -0.25) is 37.3 Å². The number of aliphatic hydroxyl groups is 1. The van der Waals surface area contributed by atoms with Crippen molar-refractivity contribution < 1.29 is 80.2 Å². The number of esters is 4. The van der Waals surface area contributed by atoms with Gasteiger partial charge in [0.25, 0.3) is 0 Å². The molecule has 6 atom stereocenters. The second kappa shape index (κ2) is 68.5. The van der Waals surface area contributed by atoms with Crippen LogP contribution in [0.15, 0.2) is 0 Å². The van der Waals surface area contributed by atoms with Gasteiger partial charge in [-0.25, -0.2) is 9.13 Å². The second-order valence-electron chi connectivity index (χ2n) is 29.3. The molecule has 0 aromatic rings. The summed E-state index contributed by atoms with van der Waals surface area (Å²) >= 11 is 0. The highest BCUT2D eigenvalue weighted by Gasteiger charge is 2.30. The molecule has 0 aromatic heterocycles. The summed E-state index contributed by atoms with van der Waals surface area (Å²) in [6.45, 7) is 11.9. The van der Waals surface area contributed by atoms with Crippen molar-refractivity contribution >= 4 is 39.5 Å². The Bertz CT molecular complexity index is 1890. The van der Waals surface area contributed by atoms with Gasteiger partial charge in [0.15, 0.2) is 12.2 Å². The average molecular weight is 1420 g/mol. The van der Waals surface area contributed by atoms with Crippen LogP contribution < -0.4 is 0 Å². The average Bonchev–Trinajstić information content (AvgIpc) is 1.05. The van der Waals surface area contributed by atoms with E-state index in [1.54, 1.807) is 0 Å². The van der Waals surface area contributed by atoms with E-state index in [1.807, 2.05) is 0 Å². The van der Waals surface area contributed by atoms with Gasteiger partial charge < -0.3 is 33.8 Å². The Hall–Kier alpha value is -1.94. The molecule has 97 heavy (non-hydrogen) atoms. The van der Waals surface area contributed by atoms with E-state index in [2.05, 4.69) is 48.5 Å². The number of ether oxygens (including phenoxy) is 4. The lowest BCUT2D eigenvalue weighted by molar-refractivity contribution is -0.161. The predicted octanol–water partition coefficient (Wildman–Crippen LogP) is 23.0. The van der Waals surface area contributed by atoms with Gasteiger partial charge >= 0.3 is 39.5 Å². The molecule has 576 valence electrons. The summed E-state index contributed by atoms with van der Waals surface area (Å²) in [7, 11) is -9.91.